The van der Waals surface area contributed by atoms with Crippen LogP contribution in [-0.4, -0.2) is 26.8 Å². The maximum atomic E-state index is 13.0. The van der Waals surface area contributed by atoms with E-state index in [4.69, 9.17) is 5.11 Å². The molecule has 0 saturated heterocycles. The molecule has 4 nitrogen and oxygen atoms in total. The summed E-state index contributed by atoms with van der Waals surface area (Å²) in [6.07, 6.45) is 1.81. The zero-order valence-electron chi connectivity index (χ0n) is 7.61. The van der Waals surface area contributed by atoms with Crippen LogP contribution < -0.4 is 0 Å². The Kier molecular flexibility index (Phi) is 2.23. The zero-order chi connectivity index (χ0) is 10.1. The highest BCUT2D eigenvalue weighted by molar-refractivity contribution is 5.69. The number of fused-ring (bicyclic) bond motifs is 1. The van der Waals surface area contributed by atoms with E-state index in [9.17, 15) is 9.18 Å². The zero-order valence-corrected chi connectivity index (χ0v) is 7.61. The van der Waals surface area contributed by atoms with Gasteiger partial charge in [0.05, 0.1) is 18.7 Å². The summed E-state index contributed by atoms with van der Waals surface area (Å²) in [5.74, 6) is -0.104. The second-order valence-corrected chi connectivity index (χ2v) is 3.51. The number of aliphatic carboxylic acids is 1. The maximum Gasteiger partial charge on any atom is 0.309 e. The molecular weight excluding hydrogens is 187 g/mol. The van der Waals surface area contributed by atoms with E-state index in [1.54, 1.807) is 10.8 Å². The Hall–Kier alpha value is -1.39. The van der Waals surface area contributed by atoms with Gasteiger partial charge in [0.25, 0.3) is 0 Å². The van der Waals surface area contributed by atoms with E-state index in [1.807, 2.05) is 0 Å². The van der Waals surface area contributed by atoms with Gasteiger partial charge in [-0.1, -0.05) is 0 Å². The molecule has 2 heterocycles. The summed E-state index contributed by atoms with van der Waals surface area (Å²) in [6.45, 7) is 0.307. The number of aryl methyl sites for hydroxylation is 1. The normalized spacial score (nSPS) is 20.5. The smallest absolute Gasteiger partial charge is 0.309 e. The molecule has 14 heavy (non-hydrogen) atoms. The Morgan fingerprint density at radius 3 is 3.29 bits per heavy atom. The Morgan fingerprint density at radius 1 is 1.79 bits per heavy atom. The number of carboxylic acid groups (broad SMARTS) is 1. The summed E-state index contributed by atoms with van der Waals surface area (Å²) >= 11 is 0. The highest BCUT2D eigenvalue weighted by atomic mass is 19.1. The first-order valence-electron chi connectivity index (χ1n) is 4.56. The second kappa shape index (κ2) is 3.40. The third kappa shape index (κ3) is 1.76. The molecule has 1 aromatic heterocycles. The minimum atomic E-state index is -0.905. The average Bonchev–Trinajstić information content (AvgIpc) is 2.44. The van der Waals surface area contributed by atoms with Crippen LogP contribution in [0.25, 0.3) is 0 Å². The molecule has 0 aromatic carbocycles. The molecule has 0 bridgehead atoms. The summed E-state index contributed by atoms with van der Waals surface area (Å²) in [6, 6.07) is 0. The van der Waals surface area contributed by atoms with Crippen LogP contribution in [0.4, 0.5) is 4.39 Å². The van der Waals surface area contributed by atoms with Gasteiger partial charge in [-0.2, -0.15) is 0 Å². The number of halogens is 1. The fourth-order valence-electron chi connectivity index (χ4n) is 1.70. The van der Waals surface area contributed by atoms with Crippen molar-refractivity contribution in [3.63, 3.8) is 0 Å². The lowest BCUT2D eigenvalue weighted by Gasteiger charge is -2.16. The molecule has 5 heteroatoms. The predicted octanol–water partition coefficient (Wildman–Crippen LogP) is 0.795. The molecule has 0 radical (unpaired) electrons. The van der Waals surface area contributed by atoms with Crippen LogP contribution in [0.5, 0.6) is 0 Å². The van der Waals surface area contributed by atoms with E-state index in [-0.39, 0.29) is 6.42 Å². The van der Waals surface area contributed by atoms with E-state index < -0.39 is 12.1 Å². The summed E-state index contributed by atoms with van der Waals surface area (Å²) < 4.78 is 14.7. The van der Waals surface area contributed by atoms with Gasteiger partial charge in [-0.3, -0.25) is 4.79 Å². The molecular formula is C9H11FN2O2. The van der Waals surface area contributed by atoms with Gasteiger partial charge in [0.15, 0.2) is 0 Å². The highest BCUT2D eigenvalue weighted by Crippen LogP contribution is 2.17. The number of imidazole rings is 1. The maximum absolute atomic E-state index is 13.0. The van der Waals surface area contributed by atoms with Crippen LogP contribution in [0.15, 0.2) is 6.20 Å². The number of carbonyl (C=O) groups is 1. The fraction of sp³-hybridized carbons (Fsp3) is 0.556. The Morgan fingerprint density at radius 2 is 2.57 bits per heavy atom. The van der Waals surface area contributed by atoms with Gasteiger partial charge in [-0.15, -0.1) is 0 Å². The topological polar surface area (TPSA) is 55.1 Å². The molecule has 1 unspecified atom stereocenters. The monoisotopic (exact) mass is 198 g/mol. The number of hydrogen-bond donors (Lipinski definition) is 1. The molecule has 0 saturated carbocycles. The molecule has 2 rings (SSSR count). The minimum Gasteiger partial charge on any atom is -0.481 e. The number of aromatic nitrogens is 2. The number of carboxylic acids is 1. The van der Waals surface area contributed by atoms with E-state index in [2.05, 4.69) is 4.98 Å². The van der Waals surface area contributed by atoms with Gasteiger partial charge in [0, 0.05) is 12.6 Å². The molecule has 0 aliphatic carbocycles. The third-order valence-electron chi connectivity index (χ3n) is 2.32. The molecule has 76 valence electrons. The first-order chi connectivity index (χ1) is 6.65. The molecule has 0 amide bonds. The van der Waals surface area contributed by atoms with Crippen LogP contribution in [0.3, 0.4) is 0 Å². The van der Waals surface area contributed by atoms with Crippen LogP contribution in [0.2, 0.25) is 0 Å². The van der Waals surface area contributed by atoms with Crippen molar-refractivity contribution in [1.29, 1.82) is 0 Å². The van der Waals surface area contributed by atoms with E-state index in [0.29, 0.717) is 25.1 Å². The SMILES string of the molecule is O=C(O)Cc1cn2c(n1)CCC(F)C2. The summed E-state index contributed by atoms with van der Waals surface area (Å²) in [4.78, 5) is 14.6. The first kappa shape index (κ1) is 9.18. The highest BCUT2D eigenvalue weighted by Gasteiger charge is 2.19. The van der Waals surface area contributed by atoms with E-state index >= 15 is 0 Å². The van der Waals surface area contributed by atoms with Gasteiger partial charge in [0.2, 0.25) is 0 Å². The largest absolute Gasteiger partial charge is 0.481 e. The lowest BCUT2D eigenvalue weighted by Crippen LogP contribution is -2.20. The van der Waals surface area contributed by atoms with Crippen molar-refractivity contribution in [3.8, 4) is 0 Å². The molecule has 1 aromatic rings. The standard InChI is InChI=1S/C9H11FN2O2/c10-6-1-2-8-11-7(3-9(13)14)5-12(8)4-6/h5-6H,1-4H2,(H,13,14). The lowest BCUT2D eigenvalue weighted by molar-refractivity contribution is -0.136. The van der Waals surface area contributed by atoms with Crippen LogP contribution in [0.1, 0.15) is 17.9 Å². The third-order valence-corrected chi connectivity index (χ3v) is 2.32. The van der Waals surface area contributed by atoms with Crippen LogP contribution in [-0.2, 0) is 24.2 Å². The quantitative estimate of drug-likeness (QED) is 0.764. The van der Waals surface area contributed by atoms with Gasteiger partial charge < -0.3 is 9.67 Å². The van der Waals surface area contributed by atoms with E-state index in [1.165, 1.54) is 0 Å². The van der Waals surface area contributed by atoms with Gasteiger partial charge in [0.1, 0.15) is 12.0 Å². The Balaban J connectivity index is 2.19. The summed E-state index contributed by atoms with van der Waals surface area (Å²) in [5.41, 5.74) is 0.515. The Bertz CT molecular complexity index is 362. The molecule has 0 fully saturated rings. The van der Waals surface area contributed by atoms with Crippen molar-refractivity contribution in [1.82, 2.24) is 9.55 Å². The molecule has 1 atom stereocenters. The second-order valence-electron chi connectivity index (χ2n) is 3.51. The fourth-order valence-corrected chi connectivity index (χ4v) is 1.70. The molecule has 1 aliphatic heterocycles. The van der Waals surface area contributed by atoms with E-state index in [0.717, 1.165) is 5.82 Å². The van der Waals surface area contributed by atoms with Gasteiger partial charge in [-0.25, -0.2) is 9.37 Å². The van der Waals surface area contributed by atoms with Crippen molar-refractivity contribution in [2.75, 3.05) is 0 Å². The number of alkyl halides is 1. The first-order valence-corrected chi connectivity index (χ1v) is 4.56. The number of rotatable bonds is 2. The minimum absolute atomic E-state index is 0.0864. The summed E-state index contributed by atoms with van der Waals surface area (Å²) in [5, 5.41) is 8.56. The average molecular weight is 198 g/mol. The number of hydrogen-bond acceptors (Lipinski definition) is 2. The van der Waals surface area contributed by atoms with Gasteiger partial charge in [-0.05, 0) is 6.42 Å². The van der Waals surface area contributed by atoms with Crippen LogP contribution in [0, 0.1) is 0 Å². The predicted molar refractivity (Wildman–Crippen MR) is 46.8 cm³/mol. The molecule has 1 N–H and O–H groups in total. The molecule has 1 aliphatic rings. The van der Waals surface area contributed by atoms with Crippen molar-refractivity contribution in [2.24, 2.45) is 0 Å². The molecule has 0 spiro atoms. The number of nitrogens with zero attached hydrogens (tertiary/aromatic N) is 2. The van der Waals surface area contributed by atoms with Crippen molar-refractivity contribution >= 4 is 5.97 Å². The van der Waals surface area contributed by atoms with Gasteiger partial charge >= 0.3 is 5.97 Å². The van der Waals surface area contributed by atoms with Crippen LogP contribution >= 0.6 is 0 Å². The Labute approximate surface area is 80.4 Å². The van der Waals surface area contributed by atoms with Crippen molar-refractivity contribution in [2.45, 2.75) is 32.0 Å². The lowest BCUT2D eigenvalue weighted by atomic mass is 10.1. The van der Waals surface area contributed by atoms with Crippen molar-refractivity contribution < 1.29 is 14.3 Å². The van der Waals surface area contributed by atoms with Crippen molar-refractivity contribution in [3.05, 3.63) is 17.7 Å². The summed E-state index contributed by atoms with van der Waals surface area (Å²) in [7, 11) is 0.